The smallest absolute Gasteiger partial charge is 0.253 e. The number of tetrazole rings is 1. The molecule has 2 aromatic carbocycles. The molecular weight excluding hydrogens is 333 g/mol. The molecule has 0 unspecified atom stereocenters. The van der Waals surface area contributed by atoms with E-state index in [1.165, 1.54) is 16.9 Å². The molecule has 4 rings (SSSR count). The van der Waals surface area contributed by atoms with Crippen molar-refractivity contribution in [2.45, 2.75) is 12.3 Å². The van der Waals surface area contributed by atoms with Gasteiger partial charge in [0.25, 0.3) is 5.91 Å². The molecule has 1 amide bonds. The molecule has 0 bridgehead atoms. The Hall–Kier alpha value is -3.09. The molecule has 0 spiro atoms. The van der Waals surface area contributed by atoms with Gasteiger partial charge in [-0.2, -0.15) is 4.80 Å². The van der Waals surface area contributed by atoms with E-state index in [1.54, 1.807) is 31.3 Å². The number of benzene rings is 2. The number of hydrogen-bond acceptors (Lipinski definition) is 4. The van der Waals surface area contributed by atoms with Gasteiger partial charge in [-0.25, -0.2) is 4.39 Å². The molecule has 1 fully saturated rings. The maximum Gasteiger partial charge on any atom is 0.253 e. The molecule has 0 aliphatic carbocycles. The molecule has 1 aliphatic rings. The normalized spacial score (nSPS) is 16.8. The van der Waals surface area contributed by atoms with Gasteiger partial charge in [0.05, 0.1) is 7.05 Å². The first-order valence-corrected chi connectivity index (χ1v) is 8.49. The number of carbonyl (C=O) groups is 1. The van der Waals surface area contributed by atoms with Crippen LogP contribution in [-0.2, 0) is 7.05 Å². The summed E-state index contributed by atoms with van der Waals surface area (Å²) in [5.74, 6) is 0.553. The van der Waals surface area contributed by atoms with Crippen molar-refractivity contribution in [1.82, 2.24) is 25.1 Å². The monoisotopic (exact) mass is 351 g/mol. The minimum absolute atomic E-state index is 0.00765. The molecule has 1 atom stereocenters. The van der Waals surface area contributed by atoms with E-state index in [0.717, 1.165) is 17.5 Å². The van der Waals surface area contributed by atoms with Gasteiger partial charge < -0.3 is 4.90 Å². The Kier molecular flexibility index (Phi) is 4.20. The second-order valence-corrected chi connectivity index (χ2v) is 6.47. The Morgan fingerprint density at radius 2 is 1.85 bits per heavy atom. The molecule has 7 heteroatoms. The van der Waals surface area contributed by atoms with Crippen LogP contribution >= 0.6 is 0 Å². The first-order valence-electron chi connectivity index (χ1n) is 8.49. The Morgan fingerprint density at radius 1 is 1.12 bits per heavy atom. The number of amides is 1. The quantitative estimate of drug-likeness (QED) is 0.728. The molecule has 132 valence electrons. The van der Waals surface area contributed by atoms with E-state index >= 15 is 0 Å². The zero-order valence-corrected chi connectivity index (χ0v) is 14.3. The average molecular weight is 351 g/mol. The van der Waals surface area contributed by atoms with Gasteiger partial charge in [-0.05, 0) is 41.5 Å². The molecule has 3 aromatic rings. The summed E-state index contributed by atoms with van der Waals surface area (Å²) in [6.07, 6.45) is 0.888. The maximum absolute atomic E-state index is 13.1. The fourth-order valence-electron chi connectivity index (χ4n) is 3.30. The predicted molar refractivity (Wildman–Crippen MR) is 93.9 cm³/mol. The van der Waals surface area contributed by atoms with Gasteiger partial charge in [0.2, 0.25) is 5.82 Å². The van der Waals surface area contributed by atoms with Crippen molar-refractivity contribution in [3.8, 4) is 11.4 Å². The van der Waals surface area contributed by atoms with Crippen LogP contribution in [-0.4, -0.2) is 44.1 Å². The second kappa shape index (κ2) is 6.67. The summed E-state index contributed by atoms with van der Waals surface area (Å²) in [6.45, 7) is 1.35. The number of likely N-dealkylation sites (tertiary alicyclic amines) is 1. The zero-order chi connectivity index (χ0) is 18.1. The van der Waals surface area contributed by atoms with Gasteiger partial charge in [-0.3, -0.25) is 4.79 Å². The highest BCUT2D eigenvalue weighted by Crippen LogP contribution is 2.28. The number of carbonyl (C=O) groups excluding carboxylic acids is 1. The predicted octanol–water partition coefficient (Wildman–Crippen LogP) is 2.65. The van der Waals surface area contributed by atoms with Gasteiger partial charge in [0.1, 0.15) is 5.82 Å². The van der Waals surface area contributed by atoms with Crippen LogP contribution < -0.4 is 0 Å². The van der Waals surface area contributed by atoms with Crippen molar-refractivity contribution < 1.29 is 9.18 Å². The van der Waals surface area contributed by atoms with Crippen LogP contribution in [0.2, 0.25) is 0 Å². The van der Waals surface area contributed by atoms with Crippen LogP contribution in [0.5, 0.6) is 0 Å². The minimum atomic E-state index is -0.239. The lowest BCUT2D eigenvalue weighted by Gasteiger charge is -2.17. The molecule has 0 radical (unpaired) electrons. The molecule has 1 aromatic heterocycles. The summed E-state index contributed by atoms with van der Waals surface area (Å²) in [5.41, 5.74) is 2.53. The summed E-state index contributed by atoms with van der Waals surface area (Å²) in [6, 6.07) is 13.8. The fourth-order valence-corrected chi connectivity index (χ4v) is 3.30. The van der Waals surface area contributed by atoms with Gasteiger partial charge in [-0.1, -0.05) is 24.3 Å². The molecule has 26 heavy (non-hydrogen) atoms. The highest BCUT2D eigenvalue weighted by Gasteiger charge is 2.28. The Bertz CT molecular complexity index is 920. The lowest BCUT2D eigenvalue weighted by atomic mass is 9.98. The van der Waals surface area contributed by atoms with E-state index < -0.39 is 0 Å². The van der Waals surface area contributed by atoms with Crippen LogP contribution in [0.15, 0.2) is 48.5 Å². The largest absolute Gasteiger partial charge is 0.338 e. The first kappa shape index (κ1) is 16.4. The summed E-state index contributed by atoms with van der Waals surface area (Å²) in [5, 5.41) is 11.9. The topological polar surface area (TPSA) is 63.9 Å². The fraction of sp³-hybridized carbons (Fsp3) is 0.263. The van der Waals surface area contributed by atoms with Gasteiger partial charge in [0.15, 0.2) is 0 Å². The van der Waals surface area contributed by atoms with Crippen LogP contribution in [0.4, 0.5) is 4.39 Å². The van der Waals surface area contributed by atoms with Crippen LogP contribution in [0.1, 0.15) is 28.3 Å². The average Bonchev–Trinajstić information content (AvgIpc) is 3.31. The Labute approximate surface area is 150 Å². The Morgan fingerprint density at radius 3 is 2.50 bits per heavy atom. The highest BCUT2D eigenvalue weighted by molar-refractivity contribution is 5.94. The Balaban J connectivity index is 1.45. The summed E-state index contributed by atoms with van der Waals surface area (Å²) >= 11 is 0. The summed E-state index contributed by atoms with van der Waals surface area (Å²) < 4.78 is 13.1. The molecule has 0 saturated carbocycles. The third-order valence-electron chi connectivity index (χ3n) is 4.72. The molecule has 0 N–H and O–H groups in total. The van der Waals surface area contributed by atoms with Crippen LogP contribution in [0, 0.1) is 5.82 Å². The van der Waals surface area contributed by atoms with Gasteiger partial charge >= 0.3 is 0 Å². The third-order valence-corrected chi connectivity index (χ3v) is 4.72. The van der Waals surface area contributed by atoms with Gasteiger partial charge in [0, 0.05) is 30.1 Å². The van der Waals surface area contributed by atoms with Crippen molar-refractivity contribution in [2.75, 3.05) is 13.1 Å². The number of hydrogen-bond donors (Lipinski definition) is 0. The molecular formula is C19H18FN5O. The van der Waals surface area contributed by atoms with E-state index in [9.17, 15) is 9.18 Å². The van der Waals surface area contributed by atoms with Crippen molar-refractivity contribution in [1.29, 1.82) is 0 Å². The number of nitrogens with zero attached hydrogens (tertiary/aromatic N) is 5. The molecule has 6 nitrogen and oxygen atoms in total. The number of aromatic nitrogens is 4. The van der Waals surface area contributed by atoms with E-state index in [0.29, 0.717) is 24.5 Å². The second-order valence-electron chi connectivity index (χ2n) is 6.47. The van der Waals surface area contributed by atoms with E-state index in [4.69, 9.17) is 0 Å². The van der Waals surface area contributed by atoms with Crippen LogP contribution in [0.3, 0.4) is 0 Å². The number of rotatable bonds is 3. The maximum atomic E-state index is 13.1. The van der Waals surface area contributed by atoms with E-state index in [1.807, 2.05) is 17.0 Å². The summed E-state index contributed by atoms with van der Waals surface area (Å²) in [4.78, 5) is 16.0. The van der Waals surface area contributed by atoms with Crippen molar-refractivity contribution >= 4 is 5.91 Å². The van der Waals surface area contributed by atoms with Crippen molar-refractivity contribution in [2.24, 2.45) is 7.05 Å². The number of aryl methyl sites for hydroxylation is 1. The first-order chi connectivity index (χ1) is 12.6. The highest BCUT2D eigenvalue weighted by atomic mass is 19.1. The lowest BCUT2D eigenvalue weighted by Crippen LogP contribution is -2.28. The van der Waals surface area contributed by atoms with Gasteiger partial charge in [-0.15, -0.1) is 10.2 Å². The standard InChI is InChI=1S/C19H18FN5O/c1-24-22-18(21-23-24)14-2-4-15(5-3-14)19(26)25-11-10-16(12-25)13-6-8-17(20)9-7-13/h2-9,16H,10-12H2,1H3/t16-/m0/s1. The van der Waals surface area contributed by atoms with Crippen molar-refractivity contribution in [3.05, 3.63) is 65.5 Å². The van der Waals surface area contributed by atoms with E-state index in [2.05, 4.69) is 15.4 Å². The van der Waals surface area contributed by atoms with Crippen molar-refractivity contribution in [3.63, 3.8) is 0 Å². The molecule has 1 aliphatic heterocycles. The lowest BCUT2D eigenvalue weighted by molar-refractivity contribution is 0.0791. The van der Waals surface area contributed by atoms with E-state index in [-0.39, 0.29) is 17.6 Å². The molecule has 1 saturated heterocycles. The molecule has 2 heterocycles. The number of halogens is 1. The third kappa shape index (κ3) is 3.20. The SMILES string of the molecule is Cn1nnc(-c2ccc(C(=O)N3CC[C@H](c4ccc(F)cc4)C3)cc2)n1. The van der Waals surface area contributed by atoms with Crippen LogP contribution in [0.25, 0.3) is 11.4 Å². The summed E-state index contributed by atoms with van der Waals surface area (Å²) in [7, 11) is 1.71. The minimum Gasteiger partial charge on any atom is -0.338 e. The zero-order valence-electron chi connectivity index (χ0n) is 14.3.